The van der Waals surface area contributed by atoms with Gasteiger partial charge in [-0.25, -0.2) is 14.6 Å². The standard InChI is InChI=1S/C30H33BrN6O6/c1-17-14-35(7-8-36(17)20-3-4-27(32-13-20)33-24-9-18(31)15-34(2)28(24)38)19-5-6-37-21(10-19)16-43-26-12-23(30(41)42)22(29(39)40)11-25(26)37/h3-4,9,11-13,15,17,19,21H,5-8,10,14,16H2,1-2H3,(H,32,33)(H,39,40)(H,41,42)/t17-,19+,21+/m0/s1. The summed E-state index contributed by atoms with van der Waals surface area (Å²) in [5.74, 6) is -1.52. The number of piperidine rings is 1. The summed E-state index contributed by atoms with van der Waals surface area (Å²) in [6.07, 6.45) is 5.36. The van der Waals surface area contributed by atoms with Crippen LogP contribution in [-0.2, 0) is 7.05 Å². The summed E-state index contributed by atoms with van der Waals surface area (Å²) in [6.45, 7) is 6.04. The first-order valence-corrected chi connectivity index (χ1v) is 15.0. The molecule has 3 aromatic rings. The van der Waals surface area contributed by atoms with Crippen LogP contribution in [0.4, 0.5) is 22.9 Å². The van der Waals surface area contributed by atoms with Crippen molar-refractivity contribution in [2.75, 3.05) is 47.9 Å². The summed E-state index contributed by atoms with van der Waals surface area (Å²) < 4.78 is 8.27. The fraction of sp³-hybridized carbons (Fsp3) is 0.400. The molecule has 0 unspecified atom stereocenters. The number of pyridine rings is 2. The van der Waals surface area contributed by atoms with Crippen LogP contribution in [0.15, 0.2) is 52.0 Å². The quantitative estimate of drug-likeness (QED) is 0.360. The van der Waals surface area contributed by atoms with Gasteiger partial charge in [0.1, 0.15) is 23.9 Å². The van der Waals surface area contributed by atoms with Crippen LogP contribution >= 0.6 is 15.9 Å². The maximum Gasteiger partial charge on any atom is 0.336 e. The summed E-state index contributed by atoms with van der Waals surface area (Å²) in [5.41, 5.74) is 1.51. The molecule has 3 atom stereocenters. The number of piperazine rings is 1. The molecule has 3 N–H and O–H groups in total. The zero-order valence-electron chi connectivity index (χ0n) is 23.9. The second-order valence-electron chi connectivity index (χ2n) is 11.4. The number of aryl methyl sites for hydroxylation is 1. The predicted molar refractivity (Wildman–Crippen MR) is 165 cm³/mol. The molecule has 0 bridgehead atoms. The van der Waals surface area contributed by atoms with Gasteiger partial charge in [-0.3, -0.25) is 9.69 Å². The minimum atomic E-state index is -1.28. The average molecular weight is 654 g/mol. The summed E-state index contributed by atoms with van der Waals surface area (Å²) in [4.78, 5) is 47.4. The Labute approximate surface area is 256 Å². The molecule has 6 rings (SSSR count). The van der Waals surface area contributed by atoms with Crippen molar-refractivity contribution in [1.29, 1.82) is 0 Å². The number of carboxylic acid groups (broad SMARTS) is 2. The number of nitrogens with one attached hydrogen (secondary N) is 1. The van der Waals surface area contributed by atoms with Gasteiger partial charge in [-0.2, -0.15) is 0 Å². The van der Waals surface area contributed by atoms with Crippen LogP contribution in [0.25, 0.3) is 0 Å². The molecule has 0 aliphatic carbocycles. The summed E-state index contributed by atoms with van der Waals surface area (Å²) >= 11 is 3.42. The number of rotatable bonds is 6. The highest BCUT2D eigenvalue weighted by molar-refractivity contribution is 9.10. The largest absolute Gasteiger partial charge is 0.489 e. The number of halogens is 1. The third kappa shape index (κ3) is 5.66. The number of hydrogen-bond donors (Lipinski definition) is 3. The zero-order valence-corrected chi connectivity index (χ0v) is 25.5. The van der Waals surface area contributed by atoms with Gasteiger partial charge < -0.3 is 34.6 Å². The molecule has 0 radical (unpaired) electrons. The summed E-state index contributed by atoms with van der Waals surface area (Å²) in [6, 6.07) is 9.16. The van der Waals surface area contributed by atoms with Crippen LogP contribution in [0.5, 0.6) is 5.75 Å². The molecule has 13 heteroatoms. The molecule has 2 saturated heterocycles. The lowest BCUT2D eigenvalue weighted by Gasteiger charge is -2.50. The molecule has 0 saturated carbocycles. The SMILES string of the molecule is C[C@H]1CN([C@@H]2CCN3c4cc(C(=O)O)c(C(=O)O)cc4OC[C@H]3C2)CCN1c1ccc(Nc2cc(Br)cn(C)c2=O)nc1. The lowest BCUT2D eigenvalue weighted by Crippen LogP contribution is -2.59. The Hall–Kier alpha value is -4.10. The molecule has 43 heavy (non-hydrogen) atoms. The fourth-order valence-electron chi connectivity index (χ4n) is 6.51. The molecule has 0 spiro atoms. The van der Waals surface area contributed by atoms with Gasteiger partial charge in [-0.1, -0.05) is 0 Å². The van der Waals surface area contributed by atoms with E-state index in [1.807, 2.05) is 18.3 Å². The third-order valence-corrected chi connectivity index (χ3v) is 9.09. The number of carboxylic acids is 2. The number of aromatic nitrogens is 2. The molecular weight excluding hydrogens is 620 g/mol. The third-order valence-electron chi connectivity index (χ3n) is 8.66. The Morgan fingerprint density at radius 1 is 1.05 bits per heavy atom. The van der Waals surface area contributed by atoms with E-state index in [0.717, 1.165) is 49.2 Å². The lowest BCUT2D eigenvalue weighted by molar-refractivity contribution is 0.0650. The monoisotopic (exact) mass is 652 g/mol. The minimum absolute atomic E-state index is 0.0863. The number of aromatic carboxylic acids is 2. The Kier molecular flexibility index (Phi) is 7.77. The van der Waals surface area contributed by atoms with Crippen LogP contribution in [0.2, 0.25) is 0 Å². The van der Waals surface area contributed by atoms with Crippen LogP contribution in [0, 0.1) is 0 Å². The van der Waals surface area contributed by atoms with Gasteiger partial charge in [0, 0.05) is 56.0 Å². The first-order chi connectivity index (χ1) is 20.6. The van der Waals surface area contributed by atoms with E-state index in [1.165, 1.54) is 16.7 Å². The Morgan fingerprint density at radius 3 is 2.51 bits per heavy atom. The molecular formula is C30H33BrN6O6. The summed E-state index contributed by atoms with van der Waals surface area (Å²) in [7, 11) is 1.70. The van der Waals surface area contributed by atoms with Crippen LogP contribution in [-0.4, -0.2) is 87.5 Å². The first-order valence-electron chi connectivity index (χ1n) is 14.2. The number of benzene rings is 1. The van der Waals surface area contributed by atoms with Gasteiger partial charge in [-0.05, 0) is 66.0 Å². The van der Waals surface area contributed by atoms with E-state index in [0.29, 0.717) is 35.6 Å². The molecule has 0 amide bonds. The Bertz CT molecular complexity index is 1630. The van der Waals surface area contributed by atoms with Crippen molar-refractivity contribution in [3.63, 3.8) is 0 Å². The van der Waals surface area contributed by atoms with Crippen molar-refractivity contribution < 1.29 is 24.5 Å². The molecule has 12 nitrogen and oxygen atoms in total. The number of anilines is 4. The topological polar surface area (TPSA) is 140 Å². The zero-order chi connectivity index (χ0) is 30.4. The molecule has 2 fully saturated rings. The minimum Gasteiger partial charge on any atom is -0.489 e. The Balaban J connectivity index is 1.09. The number of fused-ring (bicyclic) bond motifs is 3. The molecule has 3 aliphatic rings. The maximum absolute atomic E-state index is 12.4. The lowest BCUT2D eigenvalue weighted by atomic mass is 9.92. The van der Waals surface area contributed by atoms with E-state index < -0.39 is 11.9 Å². The fourth-order valence-corrected chi connectivity index (χ4v) is 7.05. The van der Waals surface area contributed by atoms with Crippen LogP contribution in [0.3, 0.4) is 0 Å². The van der Waals surface area contributed by atoms with Crippen molar-refractivity contribution in [2.45, 2.75) is 37.9 Å². The van der Waals surface area contributed by atoms with E-state index >= 15 is 0 Å². The van der Waals surface area contributed by atoms with Crippen molar-refractivity contribution in [2.24, 2.45) is 7.05 Å². The van der Waals surface area contributed by atoms with Crippen LogP contribution < -0.4 is 25.4 Å². The van der Waals surface area contributed by atoms with Crippen molar-refractivity contribution >= 4 is 50.7 Å². The van der Waals surface area contributed by atoms with E-state index in [9.17, 15) is 24.6 Å². The highest BCUT2D eigenvalue weighted by atomic mass is 79.9. The number of carbonyl (C=O) groups is 2. The van der Waals surface area contributed by atoms with Gasteiger partial charge in [0.05, 0.1) is 34.7 Å². The number of ether oxygens (including phenoxy) is 1. The molecule has 3 aliphatic heterocycles. The van der Waals surface area contributed by atoms with E-state index in [2.05, 4.69) is 47.9 Å². The first kappa shape index (κ1) is 29.0. The van der Waals surface area contributed by atoms with Gasteiger partial charge in [-0.15, -0.1) is 0 Å². The van der Waals surface area contributed by atoms with Gasteiger partial charge >= 0.3 is 11.9 Å². The van der Waals surface area contributed by atoms with E-state index in [-0.39, 0.29) is 28.8 Å². The summed E-state index contributed by atoms with van der Waals surface area (Å²) in [5, 5.41) is 22.2. The maximum atomic E-state index is 12.4. The normalized spacial score (nSPS) is 21.9. The smallest absolute Gasteiger partial charge is 0.336 e. The molecule has 226 valence electrons. The van der Waals surface area contributed by atoms with Crippen molar-refractivity contribution in [1.82, 2.24) is 14.5 Å². The van der Waals surface area contributed by atoms with Crippen LogP contribution in [0.1, 0.15) is 40.5 Å². The van der Waals surface area contributed by atoms with Crippen molar-refractivity contribution in [3.05, 3.63) is 68.7 Å². The second kappa shape index (κ2) is 11.5. The van der Waals surface area contributed by atoms with E-state index in [1.54, 1.807) is 19.3 Å². The second-order valence-corrected chi connectivity index (χ2v) is 12.3. The molecule has 1 aromatic carbocycles. The van der Waals surface area contributed by atoms with Crippen molar-refractivity contribution in [3.8, 4) is 5.75 Å². The number of hydrogen-bond acceptors (Lipinski definition) is 9. The molecule has 2 aromatic heterocycles. The predicted octanol–water partition coefficient (Wildman–Crippen LogP) is 3.62. The highest BCUT2D eigenvalue weighted by Gasteiger charge is 2.39. The van der Waals surface area contributed by atoms with Gasteiger partial charge in [0.2, 0.25) is 0 Å². The Morgan fingerprint density at radius 2 is 1.81 bits per heavy atom. The average Bonchev–Trinajstić information content (AvgIpc) is 2.99. The highest BCUT2D eigenvalue weighted by Crippen LogP contribution is 2.40. The van der Waals surface area contributed by atoms with Gasteiger partial charge in [0.25, 0.3) is 5.56 Å². The molecule has 5 heterocycles. The number of nitrogens with zero attached hydrogens (tertiary/aromatic N) is 5. The van der Waals surface area contributed by atoms with E-state index in [4.69, 9.17) is 4.74 Å². The van der Waals surface area contributed by atoms with Gasteiger partial charge in [0.15, 0.2) is 0 Å².